The van der Waals surface area contributed by atoms with E-state index in [1.54, 1.807) is 12.1 Å². The third-order valence-corrected chi connectivity index (χ3v) is 7.28. The van der Waals surface area contributed by atoms with Crippen LogP contribution in [-0.4, -0.2) is 23.1 Å². The third kappa shape index (κ3) is 4.34. The van der Waals surface area contributed by atoms with Crippen LogP contribution in [0, 0.1) is 19.2 Å². The van der Waals surface area contributed by atoms with Crippen molar-refractivity contribution in [2.75, 3.05) is 16.3 Å². The molecule has 3 aromatic carbocycles. The lowest BCUT2D eigenvalue weighted by molar-refractivity contribution is 0.0984. The lowest BCUT2D eigenvalue weighted by atomic mass is 10.0. The number of nitrogens with zero attached hydrogens (tertiary/aromatic N) is 3. The lowest BCUT2D eigenvalue weighted by Gasteiger charge is -2.29. The molecular weight excluding hydrogens is 479 g/mol. The van der Waals surface area contributed by atoms with E-state index in [0.29, 0.717) is 30.6 Å². The van der Waals surface area contributed by atoms with E-state index in [1.165, 1.54) is 11.0 Å². The zero-order chi connectivity index (χ0) is 26.2. The van der Waals surface area contributed by atoms with Gasteiger partial charge in [-0.25, -0.2) is 9.18 Å². The van der Waals surface area contributed by atoms with Gasteiger partial charge in [-0.1, -0.05) is 36.4 Å². The molecule has 190 valence electrons. The van der Waals surface area contributed by atoms with Gasteiger partial charge in [0, 0.05) is 49.2 Å². The summed E-state index contributed by atoms with van der Waals surface area (Å²) < 4.78 is 16.6. The zero-order valence-corrected chi connectivity index (χ0v) is 21.1. The molecule has 2 aliphatic heterocycles. The Balaban J connectivity index is 1.20. The number of aryl methyl sites for hydroxylation is 1. The van der Waals surface area contributed by atoms with Gasteiger partial charge in [0.25, 0.3) is 5.91 Å². The van der Waals surface area contributed by atoms with Gasteiger partial charge in [-0.05, 0) is 72.0 Å². The Morgan fingerprint density at radius 1 is 0.974 bits per heavy atom. The number of para-hydroxylation sites is 2. The summed E-state index contributed by atoms with van der Waals surface area (Å²) in [7, 11) is 0. The molecule has 0 atom stereocenters. The maximum Gasteiger partial charge on any atom is 0.322 e. The summed E-state index contributed by atoms with van der Waals surface area (Å²) in [4.78, 5) is 30.0. The summed E-state index contributed by atoms with van der Waals surface area (Å²) in [6.45, 7) is 3.78. The Morgan fingerprint density at radius 3 is 2.71 bits per heavy atom. The second kappa shape index (κ2) is 9.82. The quantitative estimate of drug-likeness (QED) is 0.388. The molecule has 6 nitrogen and oxygen atoms in total. The number of anilines is 2. The molecule has 0 spiro atoms. The Bertz CT molecular complexity index is 1540. The highest BCUT2D eigenvalue weighted by atomic mass is 19.1. The van der Waals surface area contributed by atoms with E-state index >= 15 is 0 Å². The standard InChI is InChI=1S/C31H27FN4O2/c1-21-17-23(30(37)36-20-26-10-6-15-34(26)19-25-7-2-3-12-28(25)36)13-14-24(21)18-33-31(38)35-16-5-9-22-8-4-11-27(32)29(22)35/h2-4,6-8,10-15,17H,5,16,18-20H2,1H3,(H,33,38). The number of hydrogen-bond donors (Lipinski definition) is 1. The first-order valence-corrected chi connectivity index (χ1v) is 12.7. The molecule has 4 aromatic rings. The molecule has 3 amide bonds. The molecule has 2 aliphatic rings. The minimum absolute atomic E-state index is 0.0707. The number of hydrogen-bond acceptors (Lipinski definition) is 2. The van der Waals surface area contributed by atoms with Crippen LogP contribution in [0.25, 0.3) is 0 Å². The number of carbonyl (C=O) groups excluding carboxylic acids is 2. The third-order valence-electron chi connectivity index (χ3n) is 7.28. The number of rotatable bonds is 3. The number of halogens is 1. The van der Waals surface area contributed by atoms with Crippen molar-refractivity contribution in [1.82, 2.24) is 9.88 Å². The first kappa shape index (κ1) is 24.0. The average Bonchev–Trinajstić information content (AvgIpc) is 3.30. The van der Waals surface area contributed by atoms with Crippen LogP contribution in [0.5, 0.6) is 0 Å². The van der Waals surface area contributed by atoms with Crippen LogP contribution in [0.4, 0.5) is 20.6 Å². The van der Waals surface area contributed by atoms with E-state index in [4.69, 9.17) is 0 Å². The minimum Gasteiger partial charge on any atom is -0.345 e. The van der Waals surface area contributed by atoms with Crippen LogP contribution < -0.4 is 15.1 Å². The molecule has 0 aliphatic carbocycles. The van der Waals surface area contributed by atoms with Crippen molar-refractivity contribution in [3.63, 3.8) is 0 Å². The molecule has 38 heavy (non-hydrogen) atoms. The van der Waals surface area contributed by atoms with Gasteiger partial charge < -0.3 is 14.8 Å². The molecule has 2 radical (unpaired) electrons. The summed E-state index contributed by atoms with van der Waals surface area (Å²) in [5, 5.41) is 2.91. The molecule has 1 aromatic heterocycles. The van der Waals surface area contributed by atoms with E-state index in [9.17, 15) is 14.0 Å². The molecule has 3 heterocycles. The monoisotopic (exact) mass is 506 g/mol. The molecule has 0 saturated heterocycles. The molecule has 0 unspecified atom stereocenters. The van der Waals surface area contributed by atoms with Crippen LogP contribution in [0.2, 0.25) is 0 Å². The van der Waals surface area contributed by atoms with Gasteiger partial charge in [0.1, 0.15) is 5.82 Å². The van der Waals surface area contributed by atoms with Gasteiger partial charge in [0.2, 0.25) is 0 Å². The Labute approximate surface area is 221 Å². The second-order valence-electron chi connectivity index (χ2n) is 9.66. The number of carbonyl (C=O) groups is 2. The van der Waals surface area contributed by atoms with Crippen LogP contribution in [0.3, 0.4) is 0 Å². The molecule has 7 heteroatoms. The van der Waals surface area contributed by atoms with Crippen molar-refractivity contribution in [3.8, 4) is 0 Å². The number of benzene rings is 3. The van der Waals surface area contributed by atoms with Gasteiger partial charge in [-0.15, -0.1) is 0 Å². The van der Waals surface area contributed by atoms with Gasteiger partial charge in [0.05, 0.1) is 12.2 Å². The zero-order valence-electron chi connectivity index (χ0n) is 21.1. The topological polar surface area (TPSA) is 57.6 Å². The van der Waals surface area contributed by atoms with Crippen LogP contribution in [0.1, 0.15) is 44.7 Å². The Morgan fingerprint density at radius 2 is 1.84 bits per heavy atom. The highest BCUT2D eigenvalue weighted by molar-refractivity contribution is 6.06. The normalized spacial score (nSPS) is 14.3. The predicted octanol–water partition coefficient (Wildman–Crippen LogP) is 5.69. The highest BCUT2D eigenvalue weighted by Crippen LogP contribution is 2.32. The molecule has 1 N–H and O–H groups in total. The fourth-order valence-corrected chi connectivity index (χ4v) is 5.27. The summed E-state index contributed by atoms with van der Waals surface area (Å²) in [5.41, 5.74) is 6.34. The Kier molecular flexibility index (Phi) is 6.19. The van der Waals surface area contributed by atoms with E-state index in [1.807, 2.05) is 66.6 Å². The second-order valence-corrected chi connectivity index (χ2v) is 9.66. The number of urea groups is 1. The van der Waals surface area contributed by atoms with Gasteiger partial charge in [-0.2, -0.15) is 0 Å². The molecule has 0 bridgehead atoms. The van der Waals surface area contributed by atoms with Crippen LogP contribution in [-0.2, 0) is 19.6 Å². The highest BCUT2D eigenvalue weighted by Gasteiger charge is 2.27. The number of fused-ring (bicyclic) bond motifs is 3. The summed E-state index contributed by atoms with van der Waals surface area (Å²) >= 11 is 0. The fraction of sp³-hybridized carbons (Fsp3) is 0.194. The van der Waals surface area contributed by atoms with Crippen molar-refractivity contribution in [1.29, 1.82) is 0 Å². The van der Waals surface area contributed by atoms with E-state index in [-0.39, 0.29) is 24.2 Å². The largest absolute Gasteiger partial charge is 0.345 e. The number of aromatic nitrogens is 1. The van der Waals surface area contributed by atoms with Crippen molar-refractivity contribution >= 4 is 23.3 Å². The SMILES string of the molecule is Cc1cc(C(=O)N2Cc3cccn3Cc3ccccc32)ccc1CNC(=O)N1CC[C]c2cccc(F)c21. The molecule has 6 rings (SSSR count). The first-order valence-electron chi connectivity index (χ1n) is 12.7. The number of nitrogens with one attached hydrogen (secondary N) is 1. The maximum atomic E-state index is 14.5. The number of amides is 3. The molecular formula is C31H27FN4O2. The van der Waals surface area contributed by atoms with Gasteiger partial charge in [0.15, 0.2) is 0 Å². The maximum absolute atomic E-state index is 14.5. The first-order chi connectivity index (χ1) is 18.5. The Hall–Kier alpha value is -4.39. The van der Waals surface area contributed by atoms with Crippen molar-refractivity contribution in [2.45, 2.75) is 33.0 Å². The minimum atomic E-state index is -0.439. The summed E-state index contributed by atoms with van der Waals surface area (Å²) in [6.07, 6.45) is 5.72. The van der Waals surface area contributed by atoms with E-state index in [2.05, 4.69) is 22.4 Å². The van der Waals surface area contributed by atoms with Crippen molar-refractivity contribution < 1.29 is 14.0 Å². The molecule has 0 fully saturated rings. The smallest absolute Gasteiger partial charge is 0.322 e. The molecule has 0 saturated carbocycles. The van der Waals surface area contributed by atoms with E-state index in [0.717, 1.165) is 34.6 Å². The predicted molar refractivity (Wildman–Crippen MR) is 145 cm³/mol. The van der Waals surface area contributed by atoms with E-state index < -0.39 is 5.82 Å². The van der Waals surface area contributed by atoms with Crippen LogP contribution in [0.15, 0.2) is 79.0 Å². The van der Waals surface area contributed by atoms with Crippen molar-refractivity contribution in [2.24, 2.45) is 0 Å². The van der Waals surface area contributed by atoms with Crippen LogP contribution >= 0.6 is 0 Å². The van der Waals surface area contributed by atoms with Gasteiger partial charge in [-0.3, -0.25) is 9.69 Å². The average molecular weight is 507 g/mol. The summed E-state index contributed by atoms with van der Waals surface area (Å²) in [5.74, 6) is -0.509. The van der Waals surface area contributed by atoms with Gasteiger partial charge >= 0.3 is 6.03 Å². The summed E-state index contributed by atoms with van der Waals surface area (Å²) in [6, 6.07) is 22.0. The lowest BCUT2D eigenvalue weighted by Crippen LogP contribution is -2.42. The van der Waals surface area contributed by atoms with Crippen molar-refractivity contribution in [3.05, 3.63) is 125 Å². The fourth-order valence-electron chi connectivity index (χ4n) is 5.27.